The van der Waals surface area contributed by atoms with Gasteiger partial charge in [0, 0.05) is 6.08 Å². The highest BCUT2D eigenvalue weighted by Crippen LogP contribution is 2.13. The summed E-state index contributed by atoms with van der Waals surface area (Å²) in [4.78, 5) is 19.0. The normalized spacial score (nSPS) is 9.43. The molecule has 82 valence electrons. The lowest BCUT2D eigenvalue weighted by Gasteiger charge is -1.93. The van der Waals surface area contributed by atoms with Crippen molar-refractivity contribution in [2.75, 3.05) is 6.61 Å². The van der Waals surface area contributed by atoms with E-state index in [9.17, 15) is 18.0 Å². The van der Waals surface area contributed by atoms with Crippen molar-refractivity contribution in [3.8, 4) is 0 Å². The van der Waals surface area contributed by atoms with E-state index in [1.54, 1.807) is 6.92 Å². The molecule has 0 atom stereocenters. The number of rotatable bonds is 2. The molecule has 0 saturated carbocycles. The van der Waals surface area contributed by atoms with Crippen LogP contribution in [0.15, 0.2) is 12.7 Å². The molecule has 0 bridgehead atoms. The molecule has 0 amide bonds. The molecule has 0 unspecified atom stereocenters. The lowest BCUT2D eigenvalue weighted by molar-refractivity contribution is -0.192. The number of carboxylic acids is 1. The molecule has 0 radical (unpaired) electrons. The zero-order valence-electron chi connectivity index (χ0n) is 7.30. The number of alkyl halides is 3. The Morgan fingerprint density at radius 1 is 1.50 bits per heavy atom. The minimum atomic E-state index is -5.08. The second-order valence-electron chi connectivity index (χ2n) is 1.76. The molecule has 0 fully saturated rings. The highest BCUT2D eigenvalue weighted by Gasteiger charge is 2.38. The van der Waals surface area contributed by atoms with E-state index in [1.165, 1.54) is 0 Å². The van der Waals surface area contributed by atoms with Crippen LogP contribution in [0.4, 0.5) is 13.2 Å². The molecule has 0 aliphatic rings. The highest BCUT2D eigenvalue weighted by molar-refractivity contribution is 5.81. The van der Waals surface area contributed by atoms with Gasteiger partial charge in [-0.05, 0) is 6.92 Å². The fourth-order valence-corrected chi connectivity index (χ4v) is 0.201. The summed E-state index contributed by atoms with van der Waals surface area (Å²) in [5.74, 6) is -3.12. The van der Waals surface area contributed by atoms with Crippen LogP contribution < -0.4 is 0 Å². The third kappa shape index (κ3) is 10.5. The van der Waals surface area contributed by atoms with Crippen molar-refractivity contribution >= 4 is 11.9 Å². The number of carbonyl (C=O) groups excluding carboxylic acids is 1. The maximum Gasteiger partial charge on any atom is 0.490 e. The maximum absolute atomic E-state index is 10.6. The van der Waals surface area contributed by atoms with E-state index in [-0.39, 0.29) is 5.97 Å². The number of aliphatic carboxylic acids is 1. The van der Waals surface area contributed by atoms with Crippen LogP contribution >= 0.6 is 0 Å². The summed E-state index contributed by atoms with van der Waals surface area (Å²) in [5, 5.41) is 7.12. The van der Waals surface area contributed by atoms with Gasteiger partial charge in [0.2, 0.25) is 0 Å². The van der Waals surface area contributed by atoms with Gasteiger partial charge in [0.25, 0.3) is 0 Å². The predicted octanol–water partition coefficient (Wildman–Crippen LogP) is 1.37. The van der Waals surface area contributed by atoms with Crippen LogP contribution in [0.2, 0.25) is 0 Å². The Bertz CT molecular complexity index is 209. The molecule has 14 heavy (non-hydrogen) atoms. The summed E-state index contributed by atoms with van der Waals surface area (Å²) in [6, 6.07) is 0. The largest absolute Gasteiger partial charge is 0.490 e. The van der Waals surface area contributed by atoms with E-state index in [0.717, 1.165) is 6.08 Å². The minimum Gasteiger partial charge on any atom is -0.475 e. The van der Waals surface area contributed by atoms with Crippen LogP contribution in [0.3, 0.4) is 0 Å². The van der Waals surface area contributed by atoms with Gasteiger partial charge in [-0.1, -0.05) is 6.58 Å². The lowest BCUT2D eigenvalue weighted by atomic mass is 10.6. The summed E-state index contributed by atoms with van der Waals surface area (Å²) in [7, 11) is 0. The van der Waals surface area contributed by atoms with E-state index in [4.69, 9.17) is 9.90 Å². The van der Waals surface area contributed by atoms with Gasteiger partial charge in [-0.25, -0.2) is 9.59 Å². The van der Waals surface area contributed by atoms with E-state index in [1.807, 2.05) is 0 Å². The Morgan fingerprint density at radius 3 is 1.93 bits per heavy atom. The number of carboxylic acid groups (broad SMARTS) is 1. The SMILES string of the molecule is C=CC(=O)OCC.O=C(O)C(F)(F)F. The van der Waals surface area contributed by atoms with Gasteiger partial charge in [-0.15, -0.1) is 0 Å². The van der Waals surface area contributed by atoms with Crippen molar-refractivity contribution in [1.82, 2.24) is 0 Å². The highest BCUT2D eigenvalue weighted by atomic mass is 19.4. The molecule has 0 aromatic carbocycles. The smallest absolute Gasteiger partial charge is 0.475 e. The molecule has 7 heteroatoms. The fourth-order valence-electron chi connectivity index (χ4n) is 0.201. The molecule has 1 N–H and O–H groups in total. The summed E-state index contributed by atoms with van der Waals surface area (Å²) in [6.07, 6.45) is -3.94. The zero-order chi connectivity index (χ0) is 11.8. The molecule has 0 aromatic heterocycles. The van der Waals surface area contributed by atoms with Gasteiger partial charge < -0.3 is 9.84 Å². The van der Waals surface area contributed by atoms with Gasteiger partial charge in [0.1, 0.15) is 0 Å². The average molecular weight is 214 g/mol. The molecule has 4 nitrogen and oxygen atoms in total. The van der Waals surface area contributed by atoms with Crippen molar-refractivity contribution in [2.24, 2.45) is 0 Å². The molecule has 0 aromatic rings. The van der Waals surface area contributed by atoms with Gasteiger partial charge in [-0.2, -0.15) is 13.2 Å². The van der Waals surface area contributed by atoms with Gasteiger partial charge in [-0.3, -0.25) is 0 Å². The first-order valence-corrected chi connectivity index (χ1v) is 3.35. The first-order valence-electron chi connectivity index (χ1n) is 3.35. The summed E-state index contributed by atoms with van der Waals surface area (Å²) >= 11 is 0. The molecule has 0 rings (SSSR count). The third-order valence-corrected chi connectivity index (χ3v) is 0.696. The number of carbonyl (C=O) groups is 2. The van der Waals surface area contributed by atoms with Crippen molar-refractivity contribution in [1.29, 1.82) is 0 Å². The molecule has 0 saturated heterocycles. The standard InChI is InChI=1S/C5H8O2.C2HF3O2/c1-3-5(6)7-4-2;3-2(4,5)1(6)7/h3H,1,4H2,2H3;(H,6,7). The molecule has 0 spiro atoms. The zero-order valence-corrected chi connectivity index (χ0v) is 7.30. The lowest BCUT2D eigenvalue weighted by Crippen LogP contribution is -2.21. The van der Waals surface area contributed by atoms with E-state index >= 15 is 0 Å². The van der Waals surface area contributed by atoms with Crippen LogP contribution in [0.1, 0.15) is 6.92 Å². The topological polar surface area (TPSA) is 63.6 Å². The summed E-state index contributed by atoms with van der Waals surface area (Å²) < 4.78 is 36.2. The van der Waals surface area contributed by atoms with E-state index < -0.39 is 12.1 Å². The Hall–Kier alpha value is -1.53. The fraction of sp³-hybridized carbons (Fsp3) is 0.429. The molecule has 0 aliphatic carbocycles. The number of hydrogen-bond donors (Lipinski definition) is 1. The van der Waals surface area contributed by atoms with Gasteiger partial charge in [0.15, 0.2) is 0 Å². The second kappa shape index (κ2) is 6.93. The maximum atomic E-state index is 10.6. The molecular formula is C7H9F3O4. The Kier molecular flexibility index (Phi) is 7.41. The van der Waals surface area contributed by atoms with E-state index in [0.29, 0.717) is 6.61 Å². The Labute approximate surface area is 78.0 Å². The minimum absolute atomic E-state index is 0.359. The number of halogens is 3. The van der Waals surface area contributed by atoms with Crippen LogP contribution in [-0.4, -0.2) is 29.8 Å². The van der Waals surface area contributed by atoms with Crippen LogP contribution in [-0.2, 0) is 14.3 Å². The van der Waals surface area contributed by atoms with Gasteiger partial charge in [0.05, 0.1) is 6.61 Å². The first-order chi connectivity index (χ1) is 6.25. The molecule has 0 aliphatic heterocycles. The molecular weight excluding hydrogens is 205 g/mol. The summed E-state index contributed by atoms with van der Waals surface area (Å²) in [5.41, 5.74) is 0. The number of esters is 1. The third-order valence-electron chi connectivity index (χ3n) is 0.696. The number of hydrogen-bond acceptors (Lipinski definition) is 3. The Balaban J connectivity index is 0. The van der Waals surface area contributed by atoms with Crippen LogP contribution in [0.5, 0.6) is 0 Å². The van der Waals surface area contributed by atoms with Crippen LogP contribution in [0, 0.1) is 0 Å². The quantitative estimate of drug-likeness (QED) is 0.557. The van der Waals surface area contributed by atoms with Crippen LogP contribution in [0.25, 0.3) is 0 Å². The van der Waals surface area contributed by atoms with Gasteiger partial charge >= 0.3 is 18.1 Å². The van der Waals surface area contributed by atoms with Crippen molar-refractivity contribution in [3.63, 3.8) is 0 Å². The monoisotopic (exact) mass is 214 g/mol. The van der Waals surface area contributed by atoms with Crippen molar-refractivity contribution in [3.05, 3.63) is 12.7 Å². The summed E-state index contributed by atoms with van der Waals surface area (Å²) in [6.45, 7) is 5.38. The van der Waals surface area contributed by atoms with Crippen molar-refractivity contribution in [2.45, 2.75) is 13.1 Å². The Morgan fingerprint density at radius 2 is 1.86 bits per heavy atom. The van der Waals surface area contributed by atoms with Crippen molar-refractivity contribution < 1.29 is 32.6 Å². The molecule has 0 heterocycles. The number of ether oxygens (including phenoxy) is 1. The first kappa shape index (κ1) is 15.0. The average Bonchev–Trinajstić information content (AvgIpc) is 2.04. The predicted molar refractivity (Wildman–Crippen MR) is 40.5 cm³/mol. The van der Waals surface area contributed by atoms with E-state index in [2.05, 4.69) is 11.3 Å². The second-order valence-corrected chi connectivity index (χ2v) is 1.76.